The average Bonchev–Trinajstić information content (AvgIpc) is 2.49. The van der Waals surface area contributed by atoms with E-state index in [0.717, 1.165) is 0 Å². The van der Waals surface area contributed by atoms with Crippen LogP contribution in [0.1, 0.15) is 15.9 Å². The van der Waals surface area contributed by atoms with Crippen LogP contribution in [0.3, 0.4) is 0 Å². The number of benzene rings is 2. The zero-order valence-corrected chi connectivity index (χ0v) is 13.1. The SMILES string of the molecule is CN(Cc1ccc(Cl)cc1Cl)C(=O)c1ccccc1[N+](=O)[O-]. The standard InChI is InChI=1S/C15H12Cl2N2O3/c1-18(9-10-6-7-11(16)8-13(10)17)15(20)12-4-2-3-5-14(12)19(21)22/h2-8H,9H2,1H3. The predicted octanol–water partition coefficient (Wildman–Crippen LogP) is 4.17. The fourth-order valence-corrected chi connectivity index (χ4v) is 2.46. The molecular weight excluding hydrogens is 327 g/mol. The van der Waals surface area contributed by atoms with Crippen molar-refractivity contribution < 1.29 is 9.72 Å². The van der Waals surface area contributed by atoms with E-state index in [0.29, 0.717) is 15.6 Å². The molecule has 0 N–H and O–H groups in total. The van der Waals surface area contributed by atoms with Crippen LogP contribution in [0.15, 0.2) is 42.5 Å². The number of hydrogen-bond acceptors (Lipinski definition) is 3. The highest BCUT2D eigenvalue weighted by molar-refractivity contribution is 6.35. The smallest absolute Gasteiger partial charge is 0.282 e. The molecule has 0 atom stereocenters. The lowest BCUT2D eigenvalue weighted by molar-refractivity contribution is -0.385. The molecule has 5 nitrogen and oxygen atoms in total. The molecule has 0 heterocycles. The second kappa shape index (κ2) is 6.77. The molecule has 114 valence electrons. The van der Waals surface area contributed by atoms with E-state index in [4.69, 9.17) is 23.2 Å². The number of carbonyl (C=O) groups excluding carboxylic acids is 1. The lowest BCUT2D eigenvalue weighted by Crippen LogP contribution is -2.27. The summed E-state index contributed by atoms with van der Waals surface area (Å²) in [5.74, 6) is -0.446. The molecule has 0 aliphatic rings. The predicted molar refractivity (Wildman–Crippen MR) is 85.4 cm³/mol. The molecule has 0 aliphatic heterocycles. The number of nitro groups is 1. The summed E-state index contributed by atoms with van der Waals surface area (Å²) in [4.78, 5) is 24.2. The number of rotatable bonds is 4. The van der Waals surface area contributed by atoms with E-state index in [-0.39, 0.29) is 17.8 Å². The first-order valence-corrected chi connectivity index (χ1v) is 7.08. The molecule has 0 saturated heterocycles. The van der Waals surface area contributed by atoms with Crippen molar-refractivity contribution in [3.8, 4) is 0 Å². The lowest BCUT2D eigenvalue weighted by Gasteiger charge is -2.18. The van der Waals surface area contributed by atoms with Gasteiger partial charge in [0, 0.05) is 29.7 Å². The van der Waals surface area contributed by atoms with Gasteiger partial charge in [-0.3, -0.25) is 14.9 Å². The molecule has 2 aromatic carbocycles. The number of carbonyl (C=O) groups is 1. The highest BCUT2D eigenvalue weighted by atomic mass is 35.5. The molecule has 22 heavy (non-hydrogen) atoms. The van der Waals surface area contributed by atoms with E-state index in [9.17, 15) is 14.9 Å². The summed E-state index contributed by atoms with van der Waals surface area (Å²) in [5, 5.41) is 11.9. The Bertz CT molecular complexity index is 734. The normalized spacial score (nSPS) is 10.3. The van der Waals surface area contributed by atoms with Gasteiger partial charge in [-0.25, -0.2) is 0 Å². The Hall–Kier alpha value is -2.11. The van der Waals surface area contributed by atoms with Gasteiger partial charge in [0.2, 0.25) is 0 Å². The zero-order chi connectivity index (χ0) is 16.3. The maximum absolute atomic E-state index is 12.4. The Balaban J connectivity index is 2.24. The Morgan fingerprint density at radius 3 is 2.55 bits per heavy atom. The van der Waals surface area contributed by atoms with E-state index in [1.165, 1.54) is 23.1 Å². The fraction of sp³-hybridized carbons (Fsp3) is 0.133. The minimum atomic E-state index is -0.573. The quantitative estimate of drug-likeness (QED) is 0.620. The summed E-state index contributed by atoms with van der Waals surface area (Å²) >= 11 is 11.9. The molecule has 0 spiro atoms. The molecule has 2 aromatic rings. The molecule has 0 radical (unpaired) electrons. The van der Waals surface area contributed by atoms with Crippen LogP contribution < -0.4 is 0 Å². The Kier molecular flexibility index (Phi) is 5.00. The van der Waals surface area contributed by atoms with Gasteiger partial charge in [-0.1, -0.05) is 41.4 Å². The second-order valence-corrected chi connectivity index (χ2v) is 5.51. The third kappa shape index (κ3) is 3.55. The molecule has 0 fully saturated rings. The topological polar surface area (TPSA) is 63.5 Å². The largest absolute Gasteiger partial charge is 0.337 e. The average molecular weight is 339 g/mol. The minimum Gasteiger partial charge on any atom is -0.337 e. The molecule has 0 aliphatic carbocycles. The Morgan fingerprint density at radius 2 is 1.91 bits per heavy atom. The summed E-state index contributed by atoms with van der Waals surface area (Å²) in [7, 11) is 1.56. The van der Waals surface area contributed by atoms with E-state index in [2.05, 4.69) is 0 Å². The van der Waals surface area contributed by atoms with Crippen LogP contribution in [0.25, 0.3) is 0 Å². The van der Waals surface area contributed by atoms with Crippen LogP contribution in [-0.4, -0.2) is 22.8 Å². The van der Waals surface area contributed by atoms with Crippen molar-refractivity contribution >= 4 is 34.8 Å². The fourth-order valence-electron chi connectivity index (χ4n) is 2.00. The van der Waals surface area contributed by atoms with Crippen molar-refractivity contribution in [1.82, 2.24) is 4.90 Å². The zero-order valence-electron chi connectivity index (χ0n) is 11.6. The van der Waals surface area contributed by atoms with Gasteiger partial charge in [-0.15, -0.1) is 0 Å². The summed E-state index contributed by atoms with van der Waals surface area (Å²) in [6, 6.07) is 10.8. The van der Waals surface area contributed by atoms with Gasteiger partial charge in [0.25, 0.3) is 11.6 Å². The van der Waals surface area contributed by atoms with E-state index < -0.39 is 10.8 Å². The summed E-state index contributed by atoms with van der Waals surface area (Å²) in [6.45, 7) is 0.223. The van der Waals surface area contributed by atoms with Crippen molar-refractivity contribution in [1.29, 1.82) is 0 Å². The molecular formula is C15H12Cl2N2O3. The maximum Gasteiger partial charge on any atom is 0.282 e. The molecule has 2 rings (SSSR count). The van der Waals surface area contributed by atoms with Gasteiger partial charge >= 0.3 is 0 Å². The number of para-hydroxylation sites is 1. The highest BCUT2D eigenvalue weighted by Crippen LogP contribution is 2.24. The monoisotopic (exact) mass is 338 g/mol. The molecule has 0 saturated carbocycles. The van der Waals surface area contributed by atoms with Gasteiger partial charge in [0.05, 0.1) is 4.92 Å². The number of halogens is 2. The number of nitro benzene ring substituents is 1. The summed E-state index contributed by atoms with van der Waals surface area (Å²) in [5.41, 5.74) is 0.530. The van der Waals surface area contributed by atoms with Gasteiger partial charge in [-0.2, -0.15) is 0 Å². The summed E-state index contributed by atoms with van der Waals surface area (Å²) < 4.78 is 0. The first kappa shape index (κ1) is 16.3. The number of nitrogens with zero attached hydrogens (tertiary/aromatic N) is 2. The summed E-state index contributed by atoms with van der Waals surface area (Å²) in [6.07, 6.45) is 0. The number of amides is 1. The van der Waals surface area contributed by atoms with E-state index in [1.807, 2.05) is 0 Å². The molecule has 0 unspecified atom stereocenters. The van der Waals surface area contributed by atoms with Crippen molar-refractivity contribution in [2.24, 2.45) is 0 Å². The van der Waals surface area contributed by atoms with Crippen LogP contribution >= 0.6 is 23.2 Å². The Labute approximate surface area is 137 Å². The van der Waals surface area contributed by atoms with Crippen molar-refractivity contribution in [2.45, 2.75) is 6.54 Å². The molecule has 1 amide bonds. The highest BCUT2D eigenvalue weighted by Gasteiger charge is 2.22. The van der Waals surface area contributed by atoms with E-state index >= 15 is 0 Å². The number of hydrogen-bond donors (Lipinski definition) is 0. The first-order valence-electron chi connectivity index (χ1n) is 6.33. The van der Waals surface area contributed by atoms with Crippen LogP contribution in [0.2, 0.25) is 10.0 Å². The molecule has 0 bridgehead atoms. The minimum absolute atomic E-state index is 0.0417. The van der Waals surface area contributed by atoms with Crippen LogP contribution in [0, 0.1) is 10.1 Å². The van der Waals surface area contributed by atoms with Crippen LogP contribution in [-0.2, 0) is 6.54 Å². The Morgan fingerprint density at radius 1 is 1.23 bits per heavy atom. The maximum atomic E-state index is 12.4. The third-order valence-corrected chi connectivity index (χ3v) is 3.69. The van der Waals surface area contributed by atoms with Gasteiger partial charge in [-0.05, 0) is 23.8 Å². The lowest BCUT2D eigenvalue weighted by atomic mass is 10.1. The van der Waals surface area contributed by atoms with Gasteiger partial charge in [0.15, 0.2) is 0 Å². The molecule has 7 heteroatoms. The molecule has 0 aromatic heterocycles. The first-order chi connectivity index (χ1) is 10.4. The second-order valence-electron chi connectivity index (χ2n) is 4.67. The van der Waals surface area contributed by atoms with Crippen molar-refractivity contribution in [3.63, 3.8) is 0 Å². The van der Waals surface area contributed by atoms with Crippen molar-refractivity contribution in [3.05, 3.63) is 73.8 Å². The van der Waals surface area contributed by atoms with Gasteiger partial charge in [0.1, 0.15) is 5.56 Å². The third-order valence-electron chi connectivity index (χ3n) is 3.10. The van der Waals surface area contributed by atoms with Crippen molar-refractivity contribution in [2.75, 3.05) is 7.05 Å². The van der Waals surface area contributed by atoms with Crippen LogP contribution in [0.5, 0.6) is 0 Å². The van der Waals surface area contributed by atoms with E-state index in [1.54, 1.807) is 31.3 Å². The van der Waals surface area contributed by atoms with Crippen LogP contribution in [0.4, 0.5) is 5.69 Å². The van der Waals surface area contributed by atoms with Gasteiger partial charge < -0.3 is 4.90 Å².